The van der Waals surface area contributed by atoms with Crippen molar-refractivity contribution in [1.82, 2.24) is 4.98 Å². The van der Waals surface area contributed by atoms with Crippen LogP contribution in [0.25, 0.3) is 0 Å². The first-order valence-corrected chi connectivity index (χ1v) is 6.56. The molecule has 0 amide bonds. The van der Waals surface area contributed by atoms with Gasteiger partial charge >= 0.3 is 0 Å². The minimum absolute atomic E-state index is 0.186. The number of aromatic nitrogens is 1. The fourth-order valence-electron chi connectivity index (χ4n) is 2.45. The zero-order chi connectivity index (χ0) is 11.8. The molecule has 0 saturated heterocycles. The van der Waals surface area contributed by atoms with Crippen LogP contribution in [0.15, 0.2) is 24.3 Å². The number of hydrogen-bond acceptors (Lipinski definition) is 3. The number of aryl methyl sites for hydroxylation is 1. The lowest BCUT2D eigenvalue weighted by Gasteiger charge is -2.21. The van der Waals surface area contributed by atoms with Crippen molar-refractivity contribution < 1.29 is 4.39 Å². The van der Waals surface area contributed by atoms with Crippen LogP contribution in [0.2, 0.25) is 0 Å². The molecule has 0 spiro atoms. The highest BCUT2D eigenvalue weighted by atomic mass is 32.1. The monoisotopic (exact) mass is 248 g/mol. The number of fused-ring (bicyclic) bond motifs is 1. The normalized spacial score (nSPS) is 19.0. The van der Waals surface area contributed by atoms with Crippen LogP contribution in [-0.2, 0) is 6.42 Å². The second-order valence-electron chi connectivity index (χ2n) is 4.36. The second-order valence-corrected chi connectivity index (χ2v) is 5.42. The van der Waals surface area contributed by atoms with Gasteiger partial charge in [-0.25, -0.2) is 9.37 Å². The molecule has 1 unspecified atom stereocenters. The molecule has 0 saturated carbocycles. The fourth-order valence-corrected chi connectivity index (χ4v) is 3.49. The third-order valence-electron chi connectivity index (χ3n) is 3.24. The molecule has 0 radical (unpaired) electrons. The highest BCUT2D eigenvalue weighted by Crippen LogP contribution is 2.40. The SMILES string of the molecule is Nc1nc2c(s1)C(c1ccc(F)cc1)CCC2. The van der Waals surface area contributed by atoms with Gasteiger partial charge in [0, 0.05) is 10.8 Å². The molecule has 1 heterocycles. The molecule has 0 aliphatic heterocycles. The second kappa shape index (κ2) is 4.11. The standard InChI is InChI=1S/C13H13FN2S/c14-9-6-4-8(5-7-9)10-2-1-3-11-12(10)17-13(15)16-11/h4-7,10H,1-3H2,(H2,15,16). The summed E-state index contributed by atoms with van der Waals surface area (Å²) in [6, 6.07) is 6.78. The van der Waals surface area contributed by atoms with E-state index in [1.165, 1.54) is 17.0 Å². The number of anilines is 1. The summed E-state index contributed by atoms with van der Waals surface area (Å²) in [6.07, 6.45) is 3.24. The van der Waals surface area contributed by atoms with Gasteiger partial charge in [-0.05, 0) is 37.0 Å². The van der Waals surface area contributed by atoms with E-state index in [1.54, 1.807) is 11.3 Å². The van der Waals surface area contributed by atoms with Crippen LogP contribution in [0, 0.1) is 5.82 Å². The molecule has 1 aliphatic carbocycles. The Bertz CT molecular complexity index is 533. The number of hydrogen-bond donors (Lipinski definition) is 1. The highest BCUT2D eigenvalue weighted by Gasteiger charge is 2.25. The number of nitrogens with zero attached hydrogens (tertiary/aromatic N) is 1. The molecule has 1 atom stereocenters. The van der Waals surface area contributed by atoms with Gasteiger partial charge in [-0.1, -0.05) is 12.1 Å². The Balaban J connectivity index is 2.02. The van der Waals surface area contributed by atoms with Crippen molar-refractivity contribution in [1.29, 1.82) is 0 Å². The van der Waals surface area contributed by atoms with E-state index in [2.05, 4.69) is 4.98 Å². The van der Waals surface area contributed by atoms with Crippen LogP contribution in [0.3, 0.4) is 0 Å². The first-order chi connectivity index (χ1) is 8.24. The predicted octanol–water partition coefficient (Wildman–Crippen LogP) is 3.33. The Morgan fingerprint density at radius 3 is 2.82 bits per heavy atom. The van der Waals surface area contributed by atoms with Crippen LogP contribution < -0.4 is 5.73 Å². The van der Waals surface area contributed by atoms with Crippen molar-refractivity contribution in [2.45, 2.75) is 25.2 Å². The fraction of sp³-hybridized carbons (Fsp3) is 0.308. The Labute approximate surface area is 103 Å². The minimum atomic E-state index is -0.186. The maximum atomic E-state index is 12.9. The minimum Gasteiger partial charge on any atom is -0.375 e. The number of rotatable bonds is 1. The molecule has 2 N–H and O–H groups in total. The molecule has 0 fully saturated rings. The average molecular weight is 248 g/mol. The molecule has 2 nitrogen and oxygen atoms in total. The summed E-state index contributed by atoms with van der Waals surface area (Å²) in [5.41, 5.74) is 8.07. The van der Waals surface area contributed by atoms with E-state index in [-0.39, 0.29) is 5.82 Å². The van der Waals surface area contributed by atoms with Crippen molar-refractivity contribution in [2.24, 2.45) is 0 Å². The predicted molar refractivity (Wildman–Crippen MR) is 67.7 cm³/mol. The van der Waals surface area contributed by atoms with E-state index in [1.807, 2.05) is 12.1 Å². The Kier molecular flexibility index (Phi) is 2.59. The molecular weight excluding hydrogens is 235 g/mol. The van der Waals surface area contributed by atoms with Gasteiger partial charge in [0.05, 0.1) is 5.69 Å². The third kappa shape index (κ3) is 1.93. The van der Waals surface area contributed by atoms with Crippen LogP contribution in [0.5, 0.6) is 0 Å². The van der Waals surface area contributed by atoms with E-state index in [4.69, 9.17) is 5.73 Å². The third-order valence-corrected chi connectivity index (χ3v) is 4.28. The lowest BCUT2D eigenvalue weighted by molar-refractivity contribution is 0.608. The van der Waals surface area contributed by atoms with E-state index >= 15 is 0 Å². The molecule has 4 heteroatoms. The number of benzene rings is 1. The first kappa shape index (κ1) is 10.7. The van der Waals surface area contributed by atoms with E-state index < -0.39 is 0 Å². The van der Waals surface area contributed by atoms with Gasteiger partial charge in [0.1, 0.15) is 5.82 Å². The molecule has 17 heavy (non-hydrogen) atoms. The van der Waals surface area contributed by atoms with Crippen LogP contribution in [0.4, 0.5) is 9.52 Å². The van der Waals surface area contributed by atoms with Gasteiger partial charge in [0.15, 0.2) is 5.13 Å². The Hall–Kier alpha value is -1.42. The number of halogens is 1. The van der Waals surface area contributed by atoms with Gasteiger partial charge in [0.2, 0.25) is 0 Å². The summed E-state index contributed by atoms with van der Waals surface area (Å²) >= 11 is 1.57. The van der Waals surface area contributed by atoms with Gasteiger partial charge in [-0.2, -0.15) is 0 Å². The summed E-state index contributed by atoms with van der Waals surface area (Å²) in [4.78, 5) is 5.63. The topological polar surface area (TPSA) is 38.9 Å². The number of nitrogens with two attached hydrogens (primary N) is 1. The van der Waals surface area contributed by atoms with Crippen molar-refractivity contribution in [3.05, 3.63) is 46.2 Å². The van der Waals surface area contributed by atoms with E-state index in [0.29, 0.717) is 11.0 Å². The van der Waals surface area contributed by atoms with Gasteiger partial charge < -0.3 is 5.73 Å². The Morgan fingerprint density at radius 2 is 2.06 bits per heavy atom. The van der Waals surface area contributed by atoms with Crippen LogP contribution in [0.1, 0.15) is 34.9 Å². The summed E-state index contributed by atoms with van der Waals surface area (Å²) in [7, 11) is 0. The molecule has 3 rings (SSSR count). The van der Waals surface area contributed by atoms with E-state index in [0.717, 1.165) is 30.5 Å². The van der Waals surface area contributed by atoms with Gasteiger partial charge in [-0.3, -0.25) is 0 Å². The van der Waals surface area contributed by atoms with Crippen molar-refractivity contribution in [3.63, 3.8) is 0 Å². The number of nitrogen functional groups attached to an aromatic ring is 1. The Morgan fingerprint density at radius 1 is 1.29 bits per heavy atom. The zero-order valence-corrected chi connectivity index (χ0v) is 10.1. The van der Waals surface area contributed by atoms with Gasteiger partial charge in [-0.15, -0.1) is 11.3 Å². The van der Waals surface area contributed by atoms with Crippen molar-refractivity contribution in [2.75, 3.05) is 5.73 Å². The zero-order valence-electron chi connectivity index (χ0n) is 9.32. The summed E-state index contributed by atoms with van der Waals surface area (Å²) in [5.74, 6) is 0.155. The van der Waals surface area contributed by atoms with Crippen LogP contribution >= 0.6 is 11.3 Å². The molecular formula is C13H13FN2S. The summed E-state index contributed by atoms with van der Waals surface area (Å²) in [5, 5.41) is 0.643. The summed E-state index contributed by atoms with van der Waals surface area (Å²) in [6.45, 7) is 0. The smallest absolute Gasteiger partial charge is 0.180 e. The molecule has 88 valence electrons. The molecule has 2 aromatic rings. The van der Waals surface area contributed by atoms with Crippen molar-refractivity contribution >= 4 is 16.5 Å². The first-order valence-electron chi connectivity index (χ1n) is 5.74. The summed E-state index contributed by atoms with van der Waals surface area (Å²) < 4.78 is 12.9. The largest absolute Gasteiger partial charge is 0.375 e. The maximum absolute atomic E-state index is 12.9. The maximum Gasteiger partial charge on any atom is 0.180 e. The highest BCUT2D eigenvalue weighted by molar-refractivity contribution is 7.15. The lowest BCUT2D eigenvalue weighted by atomic mass is 9.86. The number of thiazole rings is 1. The van der Waals surface area contributed by atoms with Crippen molar-refractivity contribution in [3.8, 4) is 0 Å². The average Bonchev–Trinajstić information content (AvgIpc) is 2.70. The quantitative estimate of drug-likeness (QED) is 0.840. The molecule has 1 aromatic carbocycles. The molecule has 0 bridgehead atoms. The lowest BCUT2D eigenvalue weighted by Crippen LogP contribution is -2.08. The van der Waals surface area contributed by atoms with E-state index in [9.17, 15) is 4.39 Å². The van der Waals surface area contributed by atoms with Gasteiger partial charge in [0.25, 0.3) is 0 Å². The molecule has 1 aliphatic rings. The molecule has 1 aromatic heterocycles. The van der Waals surface area contributed by atoms with Crippen LogP contribution in [-0.4, -0.2) is 4.98 Å².